The van der Waals surface area contributed by atoms with Crippen molar-refractivity contribution in [3.63, 3.8) is 0 Å². The van der Waals surface area contributed by atoms with Crippen LogP contribution in [0.3, 0.4) is 0 Å². The molecule has 1 amide bonds. The Hall–Kier alpha value is -2.32. The summed E-state index contributed by atoms with van der Waals surface area (Å²) in [6.07, 6.45) is 4.89. The van der Waals surface area contributed by atoms with Crippen molar-refractivity contribution in [3.8, 4) is 0 Å². The summed E-state index contributed by atoms with van der Waals surface area (Å²) in [7, 11) is 0. The van der Waals surface area contributed by atoms with Crippen LogP contribution in [0, 0.1) is 0 Å². The number of hydrogen-bond acceptors (Lipinski definition) is 5. The van der Waals surface area contributed by atoms with Crippen LogP contribution >= 0.6 is 23.2 Å². The van der Waals surface area contributed by atoms with Crippen molar-refractivity contribution in [2.75, 3.05) is 37.7 Å². The van der Waals surface area contributed by atoms with Crippen molar-refractivity contribution in [2.45, 2.75) is 44.3 Å². The quantitative estimate of drug-likeness (QED) is 0.534. The SMILES string of the molecule is CC(c1ccc(Cl)cc1Cl)n1cnc2ccc(N3CCN(C(=O)[C@H]4CCCCN4)C(CO)C3)cc21. The molecule has 35 heavy (non-hydrogen) atoms. The number of piperidine rings is 1. The highest BCUT2D eigenvalue weighted by Crippen LogP contribution is 2.32. The first-order valence-electron chi connectivity index (χ1n) is 12.3. The van der Waals surface area contributed by atoms with Crippen LogP contribution in [0.25, 0.3) is 11.0 Å². The van der Waals surface area contributed by atoms with Gasteiger partial charge in [-0.15, -0.1) is 0 Å². The van der Waals surface area contributed by atoms with Crippen molar-refractivity contribution in [2.24, 2.45) is 0 Å². The predicted molar refractivity (Wildman–Crippen MR) is 140 cm³/mol. The molecule has 2 aromatic carbocycles. The second-order valence-electron chi connectivity index (χ2n) is 9.48. The monoisotopic (exact) mass is 515 g/mol. The molecule has 0 bridgehead atoms. The number of hydrogen-bond donors (Lipinski definition) is 2. The van der Waals surface area contributed by atoms with Crippen LogP contribution in [0.4, 0.5) is 5.69 Å². The molecule has 2 N–H and O–H groups in total. The van der Waals surface area contributed by atoms with Crippen LogP contribution in [0.5, 0.6) is 0 Å². The number of carbonyl (C=O) groups excluding carboxylic acids is 1. The van der Waals surface area contributed by atoms with E-state index in [1.807, 2.05) is 29.4 Å². The van der Waals surface area contributed by atoms with Crippen LogP contribution in [-0.2, 0) is 4.79 Å². The zero-order chi connectivity index (χ0) is 24.5. The van der Waals surface area contributed by atoms with E-state index in [2.05, 4.69) is 38.8 Å². The average Bonchev–Trinajstić information content (AvgIpc) is 3.31. The van der Waals surface area contributed by atoms with Crippen LogP contribution in [0.15, 0.2) is 42.7 Å². The van der Waals surface area contributed by atoms with Gasteiger partial charge in [0.25, 0.3) is 0 Å². The Bertz CT molecular complexity index is 1210. The molecule has 3 aromatic rings. The van der Waals surface area contributed by atoms with Crippen LogP contribution in [-0.4, -0.2) is 70.3 Å². The number of aromatic nitrogens is 2. The van der Waals surface area contributed by atoms with Gasteiger partial charge in [0.1, 0.15) is 0 Å². The molecule has 2 aliphatic rings. The molecule has 2 aliphatic heterocycles. The average molecular weight is 516 g/mol. The highest BCUT2D eigenvalue weighted by atomic mass is 35.5. The van der Waals surface area contributed by atoms with Crippen molar-refractivity contribution in [3.05, 3.63) is 58.3 Å². The van der Waals surface area contributed by atoms with Crippen molar-refractivity contribution < 1.29 is 9.90 Å². The third-order valence-corrected chi connectivity index (χ3v) is 7.90. The number of carbonyl (C=O) groups is 1. The Morgan fingerprint density at radius 3 is 2.80 bits per heavy atom. The first-order valence-corrected chi connectivity index (χ1v) is 13.0. The number of nitrogens with one attached hydrogen (secondary N) is 1. The number of rotatable bonds is 5. The van der Waals surface area contributed by atoms with Crippen molar-refractivity contribution in [1.29, 1.82) is 0 Å². The van der Waals surface area contributed by atoms with Crippen LogP contribution in [0.2, 0.25) is 10.0 Å². The minimum absolute atomic E-state index is 0.0253. The van der Waals surface area contributed by atoms with E-state index in [1.165, 1.54) is 0 Å². The minimum atomic E-state index is -0.229. The summed E-state index contributed by atoms with van der Waals surface area (Å²) in [6.45, 7) is 4.82. The standard InChI is InChI=1S/C26H31Cl2N5O2/c1-17(21-7-5-18(27)12-22(21)28)33-16-30-23-8-6-19(13-25(23)33)31-10-11-32(20(14-31)15-34)26(35)24-4-2-3-9-29-24/h5-8,12-13,16-17,20,24,29,34H,2-4,9-11,14-15H2,1H3/t17?,20?,24-/m1/s1. The van der Waals surface area contributed by atoms with Gasteiger partial charge in [0.2, 0.25) is 5.91 Å². The number of aliphatic hydroxyl groups excluding tert-OH is 1. The highest BCUT2D eigenvalue weighted by molar-refractivity contribution is 6.35. The van der Waals surface area contributed by atoms with Gasteiger partial charge in [0.15, 0.2) is 0 Å². The molecule has 9 heteroatoms. The Kier molecular flexibility index (Phi) is 7.21. The summed E-state index contributed by atoms with van der Waals surface area (Å²) in [5.74, 6) is 0.116. The second-order valence-corrected chi connectivity index (χ2v) is 10.3. The Morgan fingerprint density at radius 2 is 2.06 bits per heavy atom. The normalized spacial score (nSPS) is 21.9. The Labute approximate surface area is 215 Å². The number of amides is 1. The van der Waals surface area contributed by atoms with Crippen LogP contribution < -0.4 is 10.2 Å². The number of nitrogens with zero attached hydrogens (tertiary/aromatic N) is 4. The Balaban J connectivity index is 1.37. The Morgan fingerprint density at radius 1 is 1.20 bits per heavy atom. The van der Waals surface area contributed by atoms with E-state index in [0.29, 0.717) is 29.7 Å². The lowest BCUT2D eigenvalue weighted by atomic mass is 10.0. The number of imidazole rings is 1. The number of piperazine rings is 1. The van der Waals surface area contributed by atoms with E-state index in [9.17, 15) is 9.90 Å². The van der Waals surface area contributed by atoms with Gasteiger partial charge in [-0.25, -0.2) is 4.98 Å². The molecule has 3 atom stereocenters. The molecular formula is C26H31Cl2N5O2. The highest BCUT2D eigenvalue weighted by Gasteiger charge is 2.34. The van der Waals surface area contributed by atoms with Crippen molar-refractivity contribution >= 4 is 45.8 Å². The van der Waals surface area contributed by atoms with Gasteiger partial charge in [0.05, 0.1) is 42.1 Å². The maximum absolute atomic E-state index is 13.1. The fourth-order valence-electron chi connectivity index (χ4n) is 5.31. The molecule has 0 spiro atoms. The maximum Gasteiger partial charge on any atom is 0.240 e. The van der Waals surface area contributed by atoms with Gasteiger partial charge in [-0.3, -0.25) is 4.79 Å². The number of benzene rings is 2. The molecule has 0 radical (unpaired) electrons. The van der Waals surface area contributed by atoms with E-state index < -0.39 is 0 Å². The van der Waals surface area contributed by atoms with Gasteiger partial charge in [-0.2, -0.15) is 0 Å². The zero-order valence-electron chi connectivity index (χ0n) is 19.8. The smallest absolute Gasteiger partial charge is 0.240 e. The summed E-state index contributed by atoms with van der Waals surface area (Å²) < 4.78 is 2.12. The lowest BCUT2D eigenvalue weighted by Crippen LogP contribution is -2.60. The summed E-state index contributed by atoms with van der Waals surface area (Å²) in [5.41, 5.74) is 3.94. The van der Waals surface area contributed by atoms with E-state index >= 15 is 0 Å². The van der Waals surface area contributed by atoms with E-state index in [-0.39, 0.29) is 30.6 Å². The maximum atomic E-state index is 13.1. The molecule has 0 saturated carbocycles. The van der Waals surface area contributed by atoms with E-state index in [1.54, 1.807) is 6.07 Å². The molecule has 0 aliphatic carbocycles. The van der Waals surface area contributed by atoms with Gasteiger partial charge < -0.3 is 24.8 Å². The fraction of sp³-hybridized carbons (Fsp3) is 0.462. The van der Waals surface area contributed by atoms with Crippen LogP contribution in [0.1, 0.15) is 37.8 Å². The summed E-state index contributed by atoms with van der Waals surface area (Å²) in [5, 5.41) is 14.7. The molecule has 2 unspecified atom stereocenters. The van der Waals surface area contributed by atoms with E-state index in [0.717, 1.165) is 48.1 Å². The number of anilines is 1. The second kappa shape index (κ2) is 10.3. The number of aliphatic hydroxyl groups is 1. The van der Waals surface area contributed by atoms with Gasteiger partial charge in [0, 0.05) is 35.4 Å². The lowest BCUT2D eigenvalue weighted by molar-refractivity contribution is -0.137. The summed E-state index contributed by atoms with van der Waals surface area (Å²) in [4.78, 5) is 21.8. The summed E-state index contributed by atoms with van der Waals surface area (Å²) >= 11 is 12.6. The zero-order valence-corrected chi connectivity index (χ0v) is 21.3. The molecule has 3 heterocycles. The molecule has 2 saturated heterocycles. The largest absolute Gasteiger partial charge is 0.394 e. The molecule has 1 aromatic heterocycles. The third-order valence-electron chi connectivity index (χ3n) is 7.34. The van der Waals surface area contributed by atoms with Gasteiger partial charge in [-0.05, 0) is 62.2 Å². The lowest BCUT2D eigenvalue weighted by Gasteiger charge is -2.43. The topological polar surface area (TPSA) is 73.6 Å². The minimum Gasteiger partial charge on any atom is -0.394 e. The molecule has 186 valence electrons. The van der Waals surface area contributed by atoms with Gasteiger partial charge >= 0.3 is 0 Å². The third kappa shape index (κ3) is 4.87. The first-order chi connectivity index (χ1) is 17.0. The number of fused-ring (bicyclic) bond motifs is 1. The first kappa shape index (κ1) is 24.4. The predicted octanol–water partition coefficient (Wildman–Crippen LogP) is 4.10. The fourth-order valence-corrected chi connectivity index (χ4v) is 5.88. The number of halogens is 2. The molecular weight excluding hydrogens is 485 g/mol. The van der Waals surface area contributed by atoms with E-state index in [4.69, 9.17) is 23.2 Å². The molecule has 7 nitrogen and oxygen atoms in total. The molecule has 5 rings (SSSR count). The summed E-state index contributed by atoms with van der Waals surface area (Å²) in [6, 6.07) is 11.4. The van der Waals surface area contributed by atoms with Crippen molar-refractivity contribution in [1.82, 2.24) is 19.8 Å². The van der Waals surface area contributed by atoms with Gasteiger partial charge in [-0.1, -0.05) is 35.7 Å². The molecule has 2 fully saturated rings.